The van der Waals surface area contributed by atoms with Crippen LogP contribution >= 0.6 is 11.3 Å². The molecule has 0 amide bonds. The zero-order chi connectivity index (χ0) is 21.9. The SMILES string of the molecule is N#C/C(c1nnc2n1CCCCC2)=c1/s/c(=C\c2cccnc2)c(=O)n1-c1ccccc1. The summed E-state index contributed by atoms with van der Waals surface area (Å²) < 4.78 is 4.72. The van der Waals surface area contributed by atoms with Crippen LogP contribution in [-0.4, -0.2) is 24.3 Å². The van der Waals surface area contributed by atoms with Crippen LogP contribution in [-0.2, 0) is 13.0 Å². The number of hydrogen-bond acceptors (Lipinski definition) is 6. The summed E-state index contributed by atoms with van der Waals surface area (Å²) >= 11 is 1.29. The Hall–Kier alpha value is -3.83. The molecule has 5 rings (SSSR count). The Kier molecular flexibility index (Phi) is 5.48. The molecule has 7 nitrogen and oxygen atoms in total. The minimum atomic E-state index is -0.177. The van der Waals surface area contributed by atoms with Gasteiger partial charge in [-0.2, -0.15) is 5.26 Å². The highest BCUT2D eigenvalue weighted by molar-refractivity contribution is 7.07. The number of nitrogens with zero attached hydrogens (tertiary/aromatic N) is 6. The van der Waals surface area contributed by atoms with Gasteiger partial charge in [0.25, 0.3) is 5.56 Å². The molecule has 0 saturated heterocycles. The van der Waals surface area contributed by atoms with Crippen molar-refractivity contribution in [2.45, 2.75) is 32.2 Å². The molecule has 3 aromatic heterocycles. The molecule has 0 N–H and O–H groups in total. The van der Waals surface area contributed by atoms with Gasteiger partial charge in [-0.25, -0.2) is 0 Å². The summed E-state index contributed by atoms with van der Waals surface area (Å²) in [6.07, 6.45) is 9.27. The summed E-state index contributed by atoms with van der Waals surface area (Å²) in [4.78, 5) is 17.6. The van der Waals surface area contributed by atoms with Gasteiger partial charge in [0, 0.05) is 25.4 Å². The molecule has 0 spiro atoms. The van der Waals surface area contributed by atoms with Gasteiger partial charge in [-0.3, -0.25) is 14.3 Å². The number of thiazole rings is 1. The molecule has 0 bridgehead atoms. The molecule has 0 atom stereocenters. The number of hydrogen-bond donors (Lipinski definition) is 0. The first-order valence-corrected chi connectivity index (χ1v) is 11.3. The van der Waals surface area contributed by atoms with Crippen LogP contribution < -0.4 is 14.8 Å². The molecule has 0 unspecified atom stereocenters. The Morgan fingerprint density at radius 1 is 1.09 bits per heavy atom. The molecule has 0 fully saturated rings. The fourth-order valence-corrected chi connectivity index (χ4v) is 5.04. The lowest BCUT2D eigenvalue weighted by atomic mass is 10.2. The average molecular weight is 441 g/mol. The van der Waals surface area contributed by atoms with Crippen LogP contribution in [0.4, 0.5) is 0 Å². The van der Waals surface area contributed by atoms with E-state index in [1.165, 1.54) is 11.3 Å². The molecule has 0 radical (unpaired) electrons. The lowest BCUT2D eigenvalue weighted by molar-refractivity contribution is 0.627. The van der Waals surface area contributed by atoms with Gasteiger partial charge in [0.05, 0.1) is 10.2 Å². The van der Waals surface area contributed by atoms with Crippen molar-refractivity contribution in [3.63, 3.8) is 0 Å². The number of pyridine rings is 1. The van der Waals surface area contributed by atoms with E-state index in [4.69, 9.17) is 0 Å². The van der Waals surface area contributed by atoms with E-state index in [0.29, 0.717) is 26.3 Å². The highest BCUT2D eigenvalue weighted by Gasteiger charge is 2.21. The molecular weight excluding hydrogens is 420 g/mol. The second-order valence-electron chi connectivity index (χ2n) is 7.57. The number of fused-ring (bicyclic) bond motifs is 1. The van der Waals surface area contributed by atoms with Gasteiger partial charge in [-0.15, -0.1) is 21.5 Å². The number of benzene rings is 1. The van der Waals surface area contributed by atoms with Gasteiger partial charge in [-0.1, -0.05) is 30.7 Å². The van der Waals surface area contributed by atoms with E-state index >= 15 is 0 Å². The molecule has 1 aliphatic rings. The third kappa shape index (κ3) is 3.67. The van der Waals surface area contributed by atoms with E-state index in [-0.39, 0.29) is 5.56 Å². The summed E-state index contributed by atoms with van der Waals surface area (Å²) in [5, 5.41) is 18.9. The van der Waals surface area contributed by atoms with Crippen LogP contribution in [0.1, 0.15) is 36.5 Å². The Labute approximate surface area is 188 Å². The van der Waals surface area contributed by atoms with Gasteiger partial charge < -0.3 is 4.57 Å². The number of rotatable bonds is 3. The first kappa shape index (κ1) is 20.1. The van der Waals surface area contributed by atoms with Crippen LogP contribution in [0.15, 0.2) is 59.7 Å². The smallest absolute Gasteiger partial charge is 0.273 e. The van der Waals surface area contributed by atoms with Crippen molar-refractivity contribution in [1.29, 1.82) is 5.26 Å². The van der Waals surface area contributed by atoms with E-state index < -0.39 is 0 Å². The van der Waals surface area contributed by atoms with Crippen LogP contribution in [0.25, 0.3) is 17.3 Å². The van der Waals surface area contributed by atoms with Crippen molar-refractivity contribution >= 4 is 23.0 Å². The molecule has 32 heavy (non-hydrogen) atoms. The topological polar surface area (TPSA) is 89.4 Å². The maximum absolute atomic E-state index is 13.5. The van der Waals surface area contributed by atoms with E-state index in [1.54, 1.807) is 17.0 Å². The van der Waals surface area contributed by atoms with Crippen LogP contribution in [0.3, 0.4) is 0 Å². The van der Waals surface area contributed by atoms with Gasteiger partial charge >= 0.3 is 0 Å². The van der Waals surface area contributed by atoms with Crippen LogP contribution in [0, 0.1) is 11.3 Å². The Balaban J connectivity index is 1.84. The molecule has 8 heteroatoms. The van der Waals surface area contributed by atoms with Crippen molar-refractivity contribution in [2.24, 2.45) is 0 Å². The van der Waals surface area contributed by atoms with E-state index in [9.17, 15) is 10.1 Å². The first-order chi connectivity index (χ1) is 15.8. The van der Waals surface area contributed by atoms with Crippen molar-refractivity contribution in [3.8, 4) is 11.8 Å². The molecular formula is C24H20N6OS. The van der Waals surface area contributed by atoms with E-state index in [2.05, 4.69) is 21.3 Å². The average Bonchev–Trinajstić information content (AvgIpc) is 3.27. The summed E-state index contributed by atoms with van der Waals surface area (Å²) in [5.74, 6) is 1.43. The van der Waals surface area contributed by atoms with Gasteiger partial charge in [-0.05, 0) is 42.7 Å². The standard InChI is InChI=1S/C24H20N6OS/c25-15-19(22-28-27-21-11-5-2-6-13-29(21)22)24-30(18-9-3-1-4-10-18)23(31)20(32-24)14-17-8-7-12-26-16-17/h1,3-4,7-10,12,14,16H,2,5-6,11,13H2/b20-14-,24-19-. The predicted molar refractivity (Wildman–Crippen MR) is 123 cm³/mol. The predicted octanol–water partition coefficient (Wildman–Crippen LogP) is 2.16. The normalized spacial score (nSPS) is 15.0. The summed E-state index contributed by atoms with van der Waals surface area (Å²) in [6, 6.07) is 15.4. The first-order valence-electron chi connectivity index (χ1n) is 10.5. The maximum Gasteiger partial charge on any atom is 0.273 e. The monoisotopic (exact) mass is 440 g/mol. The lowest BCUT2D eigenvalue weighted by Gasteiger charge is -2.07. The minimum absolute atomic E-state index is 0.177. The number of aryl methyl sites for hydroxylation is 1. The third-order valence-electron chi connectivity index (χ3n) is 5.48. The second-order valence-corrected chi connectivity index (χ2v) is 8.60. The molecule has 0 saturated carbocycles. The number of nitriles is 1. The molecule has 1 aromatic carbocycles. The van der Waals surface area contributed by atoms with Gasteiger partial charge in [0.15, 0.2) is 5.82 Å². The summed E-state index contributed by atoms with van der Waals surface area (Å²) in [7, 11) is 0. The van der Waals surface area contributed by atoms with Gasteiger partial charge in [0.1, 0.15) is 22.1 Å². The largest absolute Gasteiger partial charge is 0.310 e. The van der Waals surface area contributed by atoms with Gasteiger partial charge in [0.2, 0.25) is 0 Å². The molecule has 0 aliphatic carbocycles. The zero-order valence-corrected chi connectivity index (χ0v) is 18.1. The van der Waals surface area contributed by atoms with Crippen LogP contribution in [0.2, 0.25) is 0 Å². The summed E-state index contributed by atoms with van der Waals surface area (Å²) in [5.41, 5.74) is 1.72. The van der Waals surface area contributed by atoms with Crippen LogP contribution in [0.5, 0.6) is 0 Å². The van der Waals surface area contributed by atoms with Crippen molar-refractivity contribution in [2.75, 3.05) is 0 Å². The van der Waals surface area contributed by atoms with Crippen molar-refractivity contribution in [3.05, 3.63) is 91.6 Å². The second kappa shape index (κ2) is 8.73. The zero-order valence-electron chi connectivity index (χ0n) is 17.3. The van der Waals surface area contributed by atoms with E-state index in [0.717, 1.165) is 43.6 Å². The van der Waals surface area contributed by atoms with E-state index in [1.807, 2.05) is 53.1 Å². The minimum Gasteiger partial charge on any atom is -0.310 e. The highest BCUT2D eigenvalue weighted by atomic mass is 32.1. The Bertz CT molecular complexity index is 1480. The fraction of sp³-hybridized carbons (Fsp3) is 0.208. The molecule has 1 aliphatic heterocycles. The number of para-hydroxylation sites is 1. The quantitative estimate of drug-likeness (QED) is 0.487. The van der Waals surface area contributed by atoms with Crippen molar-refractivity contribution in [1.82, 2.24) is 24.3 Å². The lowest BCUT2D eigenvalue weighted by Crippen LogP contribution is -2.31. The fourth-order valence-electron chi connectivity index (χ4n) is 3.94. The molecule has 4 aromatic rings. The molecule has 4 heterocycles. The molecule has 158 valence electrons. The Morgan fingerprint density at radius 2 is 1.97 bits per heavy atom. The summed E-state index contributed by atoms with van der Waals surface area (Å²) in [6.45, 7) is 0.776. The highest BCUT2D eigenvalue weighted by Crippen LogP contribution is 2.18. The third-order valence-corrected chi connectivity index (χ3v) is 6.57. The van der Waals surface area contributed by atoms with Crippen molar-refractivity contribution < 1.29 is 0 Å². The number of aromatic nitrogens is 5. The Morgan fingerprint density at radius 3 is 2.75 bits per heavy atom. The maximum atomic E-state index is 13.5.